The zero-order valence-corrected chi connectivity index (χ0v) is 17.6. The molecule has 1 spiro atoms. The minimum atomic E-state index is -0.753. The van der Waals surface area contributed by atoms with Crippen LogP contribution in [0.5, 0.6) is 0 Å². The summed E-state index contributed by atoms with van der Waals surface area (Å²) >= 11 is 0. The first-order valence-electron chi connectivity index (χ1n) is 10.6. The summed E-state index contributed by atoms with van der Waals surface area (Å²) in [5.74, 6) is -1.26. The van der Waals surface area contributed by atoms with E-state index in [1.165, 1.54) is 4.90 Å². The van der Waals surface area contributed by atoms with Gasteiger partial charge in [0.25, 0.3) is 0 Å². The molecule has 1 aliphatic carbocycles. The first-order valence-corrected chi connectivity index (χ1v) is 10.6. The standard InChI is InChI=1S/C24H22F2N4O2/c1-23(13-29-15-28-19-6-3-16(11-27)9-21(19)29)7-2-8-24(12-23)14-30(22(31)32-24)20-10-17(25)4-5-18(20)26/h3-6,9-10,15H,2,7-8,12-14H2,1H3/t23-,24-/m0/s1. The number of aromatic nitrogens is 2. The highest BCUT2D eigenvalue weighted by molar-refractivity contribution is 5.90. The molecule has 1 saturated carbocycles. The maximum atomic E-state index is 14.3. The normalized spacial score (nSPS) is 25.3. The van der Waals surface area contributed by atoms with E-state index >= 15 is 0 Å². The van der Waals surface area contributed by atoms with Gasteiger partial charge < -0.3 is 9.30 Å². The number of hydrogen-bond donors (Lipinski definition) is 0. The lowest BCUT2D eigenvalue weighted by atomic mass is 9.68. The number of nitrogens with zero attached hydrogens (tertiary/aromatic N) is 4. The number of carbonyl (C=O) groups is 1. The molecule has 164 valence electrons. The summed E-state index contributed by atoms with van der Waals surface area (Å²) in [7, 11) is 0. The average molecular weight is 436 g/mol. The molecule has 32 heavy (non-hydrogen) atoms. The highest BCUT2D eigenvalue weighted by Crippen LogP contribution is 2.48. The maximum absolute atomic E-state index is 14.3. The first kappa shape index (κ1) is 20.4. The van der Waals surface area contributed by atoms with Crippen molar-refractivity contribution >= 4 is 22.8 Å². The number of imidazole rings is 1. The Morgan fingerprint density at radius 3 is 2.88 bits per heavy atom. The van der Waals surface area contributed by atoms with Crippen molar-refractivity contribution in [3.8, 4) is 6.07 Å². The van der Waals surface area contributed by atoms with E-state index in [1.807, 2.05) is 16.7 Å². The minimum absolute atomic E-state index is 0.0937. The van der Waals surface area contributed by atoms with Crippen molar-refractivity contribution in [3.63, 3.8) is 0 Å². The number of benzene rings is 2. The van der Waals surface area contributed by atoms with Crippen molar-refractivity contribution in [3.05, 3.63) is 59.9 Å². The van der Waals surface area contributed by atoms with Crippen molar-refractivity contribution in [2.45, 2.75) is 44.8 Å². The van der Waals surface area contributed by atoms with Gasteiger partial charge in [-0.1, -0.05) is 6.92 Å². The second-order valence-corrected chi connectivity index (χ2v) is 9.26. The summed E-state index contributed by atoms with van der Waals surface area (Å²) in [4.78, 5) is 18.3. The lowest BCUT2D eigenvalue weighted by Crippen LogP contribution is -2.45. The van der Waals surface area contributed by atoms with Crippen molar-refractivity contribution in [2.24, 2.45) is 5.41 Å². The maximum Gasteiger partial charge on any atom is 0.415 e. The zero-order valence-electron chi connectivity index (χ0n) is 17.6. The van der Waals surface area contributed by atoms with Gasteiger partial charge in [0.15, 0.2) is 0 Å². The van der Waals surface area contributed by atoms with Gasteiger partial charge in [-0.25, -0.2) is 18.6 Å². The number of rotatable bonds is 3. The molecule has 0 N–H and O–H groups in total. The number of amides is 1. The molecule has 0 unspecified atom stereocenters. The van der Waals surface area contributed by atoms with Crippen LogP contribution in [-0.4, -0.2) is 27.8 Å². The van der Waals surface area contributed by atoms with E-state index in [0.29, 0.717) is 24.9 Å². The molecule has 0 radical (unpaired) electrons. The average Bonchev–Trinajstić information content (AvgIpc) is 3.29. The van der Waals surface area contributed by atoms with Crippen molar-refractivity contribution in [1.82, 2.24) is 9.55 Å². The first-order chi connectivity index (χ1) is 15.3. The predicted molar refractivity (Wildman–Crippen MR) is 114 cm³/mol. The van der Waals surface area contributed by atoms with Crippen molar-refractivity contribution < 1.29 is 18.3 Å². The zero-order chi connectivity index (χ0) is 22.5. The van der Waals surface area contributed by atoms with Gasteiger partial charge in [0.05, 0.1) is 41.2 Å². The monoisotopic (exact) mass is 436 g/mol. The van der Waals surface area contributed by atoms with Crippen molar-refractivity contribution in [1.29, 1.82) is 5.26 Å². The van der Waals surface area contributed by atoms with Gasteiger partial charge in [0.1, 0.15) is 17.2 Å². The number of halogens is 2. The summed E-state index contributed by atoms with van der Waals surface area (Å²) in [6, 6.07) is 10.6. The van der Waals surface area contributed by atoms with E-state index in [2.05, 4.69) is 18.0 Å². The molecule has 2 atom stereocenters. The van der Waals surface area contributed by atoms with Crippen LogP contribution in [0.3, 0.4) is 0 Å². The fraction of sp³-hybridized carbons (Fsp3) is 0.375. The summed E-state index contributed by atoms with van der Waals surface area (Å²) in [6.07, 6.45) is 4.16. The largest absolute Gasteiger partial charge is 0.441 e. The molecule has 2 fully saturated rings. The smallest absolute Gasteiger partial charge is 0.415 e. The van der Waals surface area contributed by atoms with Crippen LogP contribution in [0.2, 0.25) is 0 Å². The van der Waals surface area contributed by atoms with Gasteiger partial charge in [0.2, 0.25) is 0 Å². The van der Waals surface area contributed by atoms with Gasteiger partial charge in [-0.05, 0) is 61.4 Å². The fourth-order valence-electron chi connectivity index (χ4n) is 5.31. The van der Waals surface area contributed by atoms with Crippen LogP contribution < -0.4 is 4.90 Å². The Labute approximate surface area is 184 Å². The molecule has 6 nitrogen and oxygen atoms in total. The summed E-state index contributed by atoms with van der Waals surface area (Å²) < 4.78 is 35.9. The number of anilines is 1. The summed E-state index contributed by atoms with van der Waals surface area (Å²) in [6.45, 7) is 2.98. The van der Waals surface area contributed by atoms with Crippen LogP contribution in [0.1, 0.15) is 38.2 Å². The molecule has 0 bridgehead atoms. The third-order valence-corrected chi connectivity index (χ3v) is 6.63. The second kappa shape index (κ2) is 7.30. The number of fused-ring (bicyclic) bond motifs is 1. The topological polar surface area (TPSA) is 71.2 Å². The summed E-state index contributed by atoms with van der Waals surface area (Å²) in [5, 5.41) is 9.23. The van der Waals surface area contributed by atoms with Crippen LogP contribution in [0, 0.1) is 28.4 Å². The number of nitriles is 1. The molecule has 1 aromatic heterocycles. The van der Waals surface area contributed by atoms with Crippen LogP contribution in [0.25, 0.3) is 11.0 Å². The molecule has 2 aromatic carbocycles. The van der Waals surface area contributed by atoms with E-state index in [1.54, 1.807) is 12.4 Å². The Kier molecular flexibility index (Phi) is 4.66. The van der Waals surface area contributed by atoms with Gasteiger partial charge in [-0.2, -0.15) is 5.26 Å². The van der Waals surface area contributed by atoms with Crippen LogP contribution in [-0.2, 0) is 11.3 Å². The lowest BCUT2D eigenvalue weighted by molar-refractivity contribution is -0.0264. The van der Waals surface area contributed by atoms with E-state index in [-0.39, 0.29) is 17.6 Å². The molecule has 1 amide bonds. The minimum Gasteiger partial charge on any atom is -0.441 e. The number of ether oxygens (including phenoxy) is 1. The second-order valence-electron chi connectivity index (χ2n) is 9.26. The Bertz CT molecular complexity index is 1270. The number of carbonyl (C=O) groups excluding carboxylic acids is 1. The lowest BCUT2D eigenvalue weighted by Gasteiger charge is -2.43. The van der Waals surface area contributed by atoms with E-state index in [4.69, 9.17) is 4.74 Å². The molecular formula is C24H22F2N4O2. The number of hydrogen-bond acceptors (Lipinski definition) is 4. The molecular weight excluding hydrogens is 414 g/mol. The Morgan fingerprint density at radius 1 is 1.22 bits per heavy atom. The van der Waals surface area contributed by atoms with Gasteiger partial charge >= 0.3 is 6.09 Å². The summed E-state index contributed by atoms with van der Waals surface area (Å²) in [5.41, 5.74) is 1.23. The van der Waals surface area contributed by atoms with E-state index in [0.717, 1.165) is 42.1 Å². The SMILES string of the molecule is C[C@]1(Cn2cnc3ccc(C#N)cc32)CCC[C@@]2(CN(c3cc(F)ccc3F)C(=O)O2)C1. The molecule has 1 saturated heterocycles. The van der Waals surface area contributed by atoms with Gasteiger partial charge in [0, 0.05) is 12.6 Å². The van der Waals surface area contributed by atoms with Crippen molar-refractivity contribution in [2.75, 3.05) is 11.4 Å². The quantitative estimate of drug-likeness (QED) is 0.568. The molecule has 3 aromatic rings. The van der Waals surface area contributed by atoms with Crippen LogP contribution in [0.4, 0.5) is 19.3 Å². The third-order valence-electron chi connectivity index (χ3n) is 6.63. The molecule has 8 heteroatoms. The van der Waals surface area contributed by atoms with Crippen LogP contribution >= 0.6 is 0 Å². The van der Waals surface area contributed by atoms with Crippen LogP contribution in [0.15, 0.2) is 42.7 Å². The molecule has 5 rings (SSSR count). The third kappa shape index (κ3) is 3.48. The Balaban J connectivity index is 1.41. The van der Waals surface area contributed by atoms with Gasteiger partial charge in [-0.15, -0.1) is 0 Å². The van der Waals surface area contributed by atoms with Gasteiger partial charge in [-0.3, -0.25) is 4.90 Å². The van der Waals surface area contributed by atoms with E-state index in [9.17, 15) is 18.8 Å². The molecule has 1 aliphatic heterocycles. The molecule has 2 aliphatic rings. The fourth-order valence-corrected chi connectivity index (χ4v) is 5.31. The Hall–Kier alpha value is -3.47. The highest BCUT2D eigenvalue weighted by Gasteiger charge is 2.52. The predicted octanol–water partition coefficient (Wildman–Crippen LogP) is 5.16. The highest BCUT2D eigenvalue weighted by atomic mass is 19.1. The van der Waals surface area contributed by atoms with E-state index < -0.39 is 23.3 Å². The Morgan fingerprint density at radius 2 is 2.06 bits per heavy atom. The molecule has 2 heterocycles.